The van der Waals surface area contributed by atoms with E-state index in [0.29, 0.717) is 11.3 Å². The maximum Gasteiger partial charge on any atom is 0.337 e. The van der Waals surface area contributed by atoms with Crippen molar-refractivity contribution in [2.75, 3.05) is 12.0 Å². The van der Waals surface area contributed by atoms with E-state index >= 15 is 0 Å². The molecule has 0 radical (unpaired) electrons. The van der Waals surface area contributed by atoms with Gasteiger partial charge >= 0.3 is 5.97 Å². The molecule has 114 valence electrons. The Balaban J connectivity index is 1.90. The van der Waals surface area contributed by atoms with Gasteiger partial charge in [-0.2, -0.15) is 0 Å². The van der Waals surface area contributed by atoms with Crippen molar-refractivity contribution in [1.29, 1.82) is 0 Å². The number of hydrogen-bond acceptors (Lipinski definition) is 4. The van der Waals surface area contributed by atoms with Crippen molar-refractivity contribution in [3.8, 4) is 5.75 Å². The number of fused-ring (bicyclic) bond motifs is 1. The molecule has 1 N–H and O–H groups in total. The Morgan fingerprint density at radius 1 is 1.23 bits per heavy atom. The van der Waals surface area contributed by atoms with Crippen LogP contribution in [-0.2, 0) is 22.3 Å². The summed E-state index contributed by atoms with van der Waals surface area (Å²) in [5.74, 6) is -0.0149. The summed E-state index contributed by atoms with van der Waals surface area (Å²) in [7, 11) is 1.39. The second-order valence-corrected chi connectivity index (χ2v) is 6.04. The van der Waals surface area contributed by atoms with E-state index in [1.165, 1.54) is 12.7 Å². The molecule has 2 aromatic carbocycles. The van der Waals surface area contributed by atoms with Gasteiger partial charge in [0, 0.05) is 23.2 Å². The molecule has 0 amide bonds. The molecule has 2 aromatic rings. The van der Waals surface area contributed by atoms with Gasteiger partial charge in [-0.05, 0) is 47.0 Å². The maximum absolute atomic E-state index is 11.6. The number of phenols is 1. The molecule has 0 fully saturated rings. The zero-order valence-corrected chi connectivity index (χ0v) is 14.3. The first kappa shape index (κ1) is 15.1. The minimum Gasteiger partial charge on any atom is -0.508 e. The summed E-state index contributed by atoms with van der Waals surface area (Å²) in [5.41, 5.74) is 5.20. The molecule has 0 atom stereocenters. The number of carbonyl (C=O) groups excluding carboxylic acids is 1. The fourth-order valence-electron chi connectivity index (χ4n) is 2.80. The summed E-state index contributed by atoms with van der Waals surface area (Å²) in [6.45, 7) is 1.57. The summed E-state index contributed by atoms with van der Waals surface area (Å²) in [6, 6.07) is 11.2. The third kappa shape index (κ3) is 2.77. The van der Waals surface area contributed by atoms with Gasteiger partial charge in [-0.1, -0.05) is 28.7 Å². The molecule has 0 aliphatic carbocycles. The minimum absolute atomic E-state index is 0.292. The third-order valence-electron chi connectivity index (χ3n) is 3.90. The molecule has 22 heavy (non-hydrogen) atoms. The van der Waals surface area contributed by atoms with Crippen LogP contribution < -0.4 is 4.90 Å². The van der Waals surface area contributed by atoms with Crippen LogP contribution in [0.3, 0.4) is 0 Å². The first-order chi connectivity index (χ1) is 10.6. The molecule has 0 saturated heterocycles. The van der Waals surface area contributed by atoms with Crippen LogP contribution in [0.1, 0.15) is 27.0 Å². The summed E-state index contributed by atoms with van der Waals surface area (Å²) in [5, 5.41) is 9.64. The van der Waals surface area contributed by atoms with Gasteiger partial charge in [0.2, 0.25) is 0 Å². The van der Waals surface area contributed by atoms with Crippen LogP contribution in [0.4, 0.5) is 5.69 Å². The first-order valence-electron chi connectivity index (χ1n) is 6.95. The lowest BCUT2D eigenvalue weighted by atomic mass is 10.1. The Bertz CT molecular complexity index is 730. The van der Waals surface area contributed by atoms with Crippen molar-refractivity contribution >= 4 is 34.2 Å². The number of aromatic hydroxyl groups is 1. The van der Waals surface area contributed by atoms with E-state index in [1.807, 2.05) is 30.3 Å². The lowest BCUT2D eigenvalue weighted by Gasteiger charge is -2.21. The van der Waals surface area contributed by atoms with Gasteiger partial charge < -0.3 is 14.7 Å². The standard InChI is InChI=1S/C17H16INO3/c1-22-17(21)11-2-3-12-9-19(10-14(12)6-11)16-5-4-15(20)7-13(16)8-18/h2-7,20H,8-10H2,1H3. The lowest BCUT2D eigenvalue weighted by molar-refractivity contribution is 0.0600. The SMILES string of the molecule is COC(=O)c1ccc2c(c1)CN(c1ccc(O)cc1CI)C2. The molecule has 1 aliphatic heterocycles. The third-order valence-corrected chi connectivity index (χ3v) is 4.72. The number of phenolic OH excluding ortho intramolecular Hbond substituents is 1. The summed E-state index contributed by atoms with van der Waals surface area (Å²) >= 11 is 2.30. The highest BCUT2D eigenvalue weighted by molar-refractivity contribution is 14.1. The fraction of sp³-hybridized carbons (Fsp3) is 0.235. The zero-order valence-electron chi connectivity index (χ0n) is 12.2. The van der Waals surface area contributed by atoms with Gasteiger partial charge in [-0.15, -0.1) is 0 Å². The Hall–Kier alpha value is -1.76. The van der Waals surface area contributed by atoms with Gasteiger partial charge in [0.1, 0.15) is 5.75 Å². The highest BCUT2D eigenvalue weighted by Crippen LogP contribution is 2.33. The normalized spacial score (nSPS) is 13.1. The Labute approximate surface area is 142 Å². The molecular formula is C17H16INO3. The van der Waals surface area contributed by atoms with Crippen molar-refractivity contribution in [2.24, 2.45) is 0 Å². The van der Waals surface area contributed by atoms with Gasteiger partial charge in [0.15, 0.2) is 0 Å². The number of halogens is 1. The molecule has 0 spiro atoms. The van der Waals surface area contributed by atoms with E-state index in [2.05, 4.69) is 27.5 Å². The van der Waals surface area contributed by atoms with E-state index in [0.717, 1.165) is 34.3 Å². The van der Waals surface area contributed by atoms with Crippen LogP contribution in [0.5, 0.6) is 5.75 Å². The van der Waals surface area contributed by atoms with Crippen LogP contribution in [0.2, 0.25) is 0 Å². The summed E-state index contributed by atoms with van der Waals surface area (Å²) in [4.78, 5) is 13.9. The van der Waals surface area contributed by atoms with E-state index < -0.39 is 0 Å². The predicted molar refractivity (Wildman–Crippen MR) is 93.5 cm³/mol. The number of alkyl halides is 1. The number of anilines is 1. The smallest absolute Gasteiger partial charge is 0.337 e. The Kier molecular flexibility index (Phi) is 4.24. The number of nitrogens with zero attached hydrogens (tertiary/aromatic N) is 1. The molecule has 0 saturated carbocycles. The van der Waals surface area contributed by atoms with Crippen LogP contribution in [-0.4, -0.2) is 18.2 Å². The first-order valence-corrected chi connectivity index (χ1v) is 8.48. The molecule has 0 bridgehead atoms. The quantitative estimate of drug-likeness (QED) is 0.478. The average Bonchev–Trinajstić information content (AvgIpc) is 2.96. The van der Waals surface area contributed by atoms with Crippen molar-refractivity contribution in [3.05, 3.63) is 58.7 Å². The fourth-order valence-corrected chi connectivity index (χ4v) is 3.41. The van der Waals surface area contributed by atoms with Crippen LogP contribution >= 0.6 is 22.6 Å². The van der Waals surface area contributed by atoms with Gasteiger partial charge in [0.25, 0.3) is 0 Å². The van der Waals surface area contributed by atoms with Crippen LogP contribution in [0, 0.1) is 0 Å². The van der Waals surface area contributed by atoms with Crippen LogP contribution in [0.25, 0.3) is 0 Å². The number of rotatable bonds is 3. The van der Waals surface area contributed by atoms with Gasteiger partial charge in [-0.3, -0.25) is 0 Å². The lowest BCUT2D eigenvalue weighted by Crippen LogP contribution is -2.15. The minimum atomic E-state index is -0.307. The van der Waals surface area contributed by atoms with E-state index in [4.69, 9.17) is 4.74 Å². The number of methoxy groups -OCH3 is 1. The molecule has 3 rings (SSSR count). The second-order valence-electron chi connectivity index (χ2n) is 5.28. The highest BCUT2D eigenvalue weighted by Gasteiger charge is 2.22. The molecule has 1 heterocycles. The Morgan fingerprint density at radius 2 is 2.00 bits per heavy atom. The van der Waals surface area contributed by atoms with E-state index in [-0.39, 0.29) is 5.97 Å². The van der Waals surface area contributed by atoms with Gasteiger partial charge in [0.05, 0.1) is 12.7 Å². The monoisotopic (exact) mass is 409 g/mol. The molecule has 0 aromatic heterocycles. The average molecular weight is 409 g/mol. The number of hydrogen-bond donors (Lipinski definition) is 1. The van der Waals surface area contributed by atoms with E-state index in [9.17, 15) is 9.90 Å². The van der Waals surface area contributed by atoms with Crippen LogP contribution in [0.15, 0.2) is 36.4 Å². The van der Waals surface area contributed by atoms with E-state index in [1.54, 1.807) is 6.07 Å². The van der Waals surface area contributed by atoms with Crippen molar-refractivity contribution in [3.63, 3.8) is 0 Å². The highest BCUT2D eigenvalue weighted by atomic mass is 127. The number of ether oxygens (including phenoxy) is 1. The van der Waals surface area contributed by atoms with Crippen molar-refractivity contribution < 1.29 is 14.6 Å². The molecule has 0 unspecified atom stereocenters. The Morgan fingerprint density at radius 3 is 2.73 bits per heavy atom. The zero-order chi connectivity index (χ0) is 15.7. The summed E-state index contributed by atoms with van der Waals surface area (Å²) in [6.07, 6.45) is 0. The topological polar surface area (TPSA) is 49.8 Å². The second kappa shape index (κ2) is 6.16. The molecule has 4 nitrogen and oxygen atoms in total. The predicted octanol–water partition coefficient (Wildman–Crippen LogP) is 3.63. The number of esters is 1. The molecule has 1 aliphatic rings. The molecular weight excluding hydrogens is 393 g/mol. The van der Waals surface area contributed by atoms with Crippen molar-refractivity contribution in [1.82, 2.24) is 0 Å². The number of benzene rings is 2. The van der Waals surface area contributed by atoms with Crippen molar-refractivity contribution in [2.45, 2.75) is 17.5 Å². The molecule has 5 heteroatoms. The maximum atomic E-state index is 11.6. The van der Waals surface area contributed by atoms with Gasteiger partial charge in [-0.25, -0.2) is 4.79 Å². The summed E-state index contributed by atoms with van der Waals surface area (Å²) < 4.78 is 5.61. The number of carbonyl (C=O) groups is 1. The largest absolute Gasteiger partial charge is 0.508 e.